The molecule has 1 N–H and O–H groups in total. The van der Waals surface area contributed by atoms with Crippen molar-refractivity contribution in [2.45, 2.75) is 31.7 Å². The van der Waals surface area contributed by atoms with Gasteiger partial charge in [0.2, 0.25) is 0 Å². The molecule has 1 aromatic heterocycles. The minimum Gasteiger partial charge on any atom is -0.369 e. The average molecular weight is 310 g/mol. The van der Waals surface area contributed by atoms with Gasteiger partial charge in [-0.15, -0.1) is 0 Å². The smallest absolute Gasteiger partial charge is 0.369 e. The number of anilines is 1. The molecule has 1 aromatic rings. The van der Waals surface area contributed by atoms with Crippen LogP contribution in [0.2, 0.25) is 0 Å². The fourth-order valence-corrected chi connectivity index (χ4v) is 2.27. The summed E-state index contributed by atoms with van der Waals surface area (Å²) >= 11 is 0. The highest BCUT2D eigenvalue weighted by Crippen LogP contribution is 2.28. The summed E-state index contributed by atoms with van der Waals surface area (Å²) in [4.78, 5) is 3.60. The number of nitrogens with one attached hydrogen (secondary N) is 1. The maximum atomic E-state index is 12.3. The van der Waals surface area contributed by atoms with E-state index in [4.69, 9.17) is 0 Å². The number of aromatic nitrogens is 1. The first kappa shape index (κ1) is 16.7. The van der Waals surface area contributed by atoms with Crippen LogP contribution >= 0.6 is 0 Å². The molecule has 0 saturated carbocycles. The standard InChI is InChI=1S/C12H17F3N2O2S/c1-11(2,3)20(18,19)7-6-16-10-5-4-9(8-17-10)12(13,14)15/h4-5,8H,6-7H2,1-3H3,(H,16,17). The quantitative estimate of drug-likeness (QED) is 0.929. The second-order valence-electron chi connectivity index (χ2n) is 5.29. The molecule has 0 atom stereocenters. The Morgan fingerprint density at radius 1 is 1.20 bits per heavy atom. The normalized spacial score (nSPS) is 13.3. The number of pyridine rings is 1. The van der Waals surface area contributed by atoms with E-state index in [0.29, 0.717) is 6.20 Å². The molecule has 114 valence electrons. The highest BCUT2D eigenvalue weighted by Gasteiger charge is 2.31. The van der Waals surface area contributed by atoms with Gasteiger partial charge < -0.3 is 5.32 Å². The van der Waals surface area contributed by atoms with Crippen molar-refractivity contribution >= 4 is 15.7 Å². The first-order valence-electron chi connectivity index (χ1n) is 5.93. The van der Waals surface area contributed by atoms with Crippen molar-refractivity contribution in [1.82, 2.24) is 4.98 Å². The third-order valence-electron chi connectivity index (χ3n) is 2.70. The molecule has 0 saturated heterocycles. The zero-order chi connectivity index (χ0) is 15.6. The Morgan fingerprint density at radius 3 is 2.20 bits per heavy atom. The van der Waals surface area contributed by atoms with Gasteiger partial charge in [0.25, 0.3) is 0 Å². The van der Waals surface area contributed by atoms with Gasteiger partial charge in [0.1, 0.15) is 5.82 Å². The van der Waals surface area contributed by atoms with Gasteiger partial charge in [-0.2, -0.15) is 13.2 Å². The largest absolute Gasteiger partial charge is 0.417 e. The summed E-state index contributed by atoms with van der Waals surface area (Å²) in [7, 11) is -3.27. The molecule has 0 aromatic carbocycles. The number of sulfone groups is 1. The molecule has 0 aliphatic carbocycles. The Balaban J connectivity index is 2.60. The number of hydrogen-bond donors (Lipinski definition) is 1. The molecule has 0 radical (unpaired) electrons. The van der Waals surface area contributed by atoms with Crippen LogP contribution in [0, 0.1) is 0 Å². The molecule has 0 unspecified atom stereocenters. The van der Waals surface area contributed by atoms with Crippen LogP contribution in [-0.2, 0) is 16.0 Å². The number of nitrogens with zero attached hydrogens (tertiary/aromatic N) is 1. The SMILES string of the molecule is CC(C)(C)S(=O)(=O)CCNc1ccc(C(F)(F)F)cn1. The summed E-state index contributed by atoms with van der Waals surface area (Å²) < 4.78 is 59.7. The van der Waals surface area contributed by atoms with E-state index in [2.05, 4.69) is 10.3 Å². The Morgan fingerprint density at radius 2 is 1.80 bits per heavy atom. The lowest BCUT2D eigenvalue weighted by Gasteiger charge is -2.19. The minimum atomic E-state index is -4.43. The summed E-state index contributed by atoms with van der Waals surface area (Å²) in [6, 6.07) is 2.07. The van der Waals surface area contributed by atoms with Gasteiger partial charge in [-0.05, 0) is 32.9 Å². The van der Waals surface area contributed by atoms with Crippen molar-refractivity contribution in [3.05, 3.63) is 23.9 Å². The van der Waals surface area contributed by atoms with E-state index in [1.165, 1.54) is 6.07 Å². The van der Waals surface area contributed by atoms with Crippen molar-refractivity contribution in [1.29, 1.82) is 0 Å². The second-order valence-corrected chi connectivity index (χ2v) is 8.15. The van der Waals surface area contributed by atoms with Crippen LogP contribution in [0.4, 0.5) is 19.0 Å². The predicted molar refractivity (Wildman–Crippen MR) is 71.3 cm³/mol. The Bertz CT molecular complexity index is 546. The minimum absolute atomic E-state index is 0.0952. The third kappa shape index (κ3) is 4.36. The lowest BCUT2D eigenvalue weighted by molar-refractivity contribution is -0.137. The molecule has 8 heteroatoms. The van der Waals surface area contributed by atoms with E-state index in [1.807, 2.05) is 0 Å². The van der Waals surface area contributed by atoms with Gasteiger partial charge in [-0.3, -0.25) is 0 Å². The number of halogens is 3. The van der Waals surface area contributed by atoms with Crippen LogP contribution in [0.1, 0.15) is 26.3 Å². The molecular weight excluding hydrogens is 293 g/mol. The van der Waals surface area contributed by atoms with Crippen LogP contribution in [0.15, 0.2) is 18.3 Å². The Kier molecular flexibility index (Phi) is 4.68. The zero-order valence-electron chi connectivity index (χ0n) is 11.5. The van der Waals surface area contributed by atoms with Gasteiger partial charge in [0.15, 0.2) is 9.84 Å². The monoisotopic (exact) mass is 310 g/mol. The highest BCUT2D eigenvalue weighted by molar-refractivity contribution is 7.92. The molecular formula is C12H17F3N2O2S. The lowest BCUT2D eigenvalue weighted by atomic mass is 10.3. The van der Waals surface area contributed by atoms with Crippen molar-refractivity contribution < 1.29 is 21.6 Å². The van der Waals surface area contributed by atoms with E-state index in [9.17, 15) is 21.6 Å². The first-order chi connectivity index (χ1) is 8.93. The molecule has 20 heavy (non-hydrogen) atoms. The van der Waals surface area contributed by atoms with E-state index in [0.717, 1.165) is 6.07 Å². The van der Waals surface area contributed by atoms with Crippen molar-refractivity contribution in [3.8, 4) is 0 Å². The van der Waals surface area contributed by atoms with E-state index < -0.39 is 26.3 Å². The maximum Gasteiger partial charge on any atom is 0.417 e. The molecule has 0 aliphatic heterocycles. The van der Waals surface area contributed by atoms with Crippen molar-refractivity contribution in [3.63, 3.8) is 0 Å². The summed E-state index contributed by atoms with van der Waals surface area (Å²) in [6.45, 7) is 4.88. The van der Waals surface area contributed by atoms with Gasteiger partial charge in [-0.1, -0.05) is 0 Å². The first-order valence-corrected chi connectivity index (χ1v) is 7.58. The number of rotatable bonds is 4. The Labute approximate surface area is 116 Å². The summed E-state index contributed by atoms with van der Waals surface area (Å²) in [5.74, 6) is 0.0984. The molecule has 0 spiro atoms. The van der Waals surface area contributed by atoms with Crippen LogP contribution < -0.4 is 5.32 Å². The van der Waals surface area contributed by atoms with E-state index in [1.54, 1.807) is 20.8 Å². The van der Waals surface area contributed by atoms with Crippen LogP contribution in [0.3, 0.4) is 0 Å². The summed E-state index contributed by atoms with van der Waals surface area (Å²) in [6.07, 6.45) is -3.72. The maximum absolute atomic E-state index is 12.3. The third-order valence-corrected chi connectivity index (χ3v) is 5.31. The highest BCUT2D eigenvalue weighted by atomic mass is 32.2. The van der Waals surface area contributed by atoms with Gasteiger partial charge in [0, 0.05) is 12.7 Å². The zero-order valence-corrected chi connectivity index (χ0v) is 12.3. The van der Waals surface area contributed by atoms with Crippen molar-refractivity contribution in [2.75, 3.05) is 17.6 Å². The summed E-state index contributed by atoms with van der Waals surface area (Å²) in [5.41, 5.74) is -0.842. The van der Waals surface area contributed by atoms with Crippen LogP contribution in [0.5, 0.6) is 0 Å². The van der Waals surface area contributed by atoms with E-state index in [-0.39, 0.29) is 18.1 Å². The van der Waals surface area contributed by atoms with Crippen LogP contribution in [0.25, 0.3) is 0 Å². The fourth-order valence-electron chi connectivity index (χ4n) is 1.29. The molecule has 0 bridgehead atoms. The van der Waals surface area contributed by atoms with Gasteiger partial charge in [-0.25, -0.2) is 13.4 Å². The molecule has 1 heterocycles. The molecule has 0 amide bonds. The predicted octanol–water partition coefficient (Wildman–Crippen LogP) is 2.73. The van der Waals surface area contributed by atoms with Gasteiger partial charge in [0.05, 0.1) is 16.1 Å². The molecule has 1 rings (SSSR count). The van der Waals surface area contributed by atoms with E-state index >= 15 is 0 Å². The van der Waals surface area contributed by atoms with Crippen LogP contribution in [-0.4, -0.2) is 30.4 Å². The number of hydrogen-bond acceptors (Lipinski definition) is 4. The molecule has 4 nitrogen and oxygen atoms in total. The fraction of sp³-hybridized carbons (Fsp3) is 0.583. The number of alkyl halides is 3. The second kappa shape index (κ2) is 5.59. The molecule has 0 aliphatic rings. The Hall–Kier alpha value is -1.31. The summed E-state index contributed by atoms with van der Waals surface area (Å²) in [5, 5.41) is 2.69. The van der Waals surface area contributed by atoms with Crippen molar-refractivity contribution in [2.24, 2.45) is 0 Å². The topological polar surface area (TPSA) is 59.1 Å². The lowest BCUT2D eigenvalue weighted by Crippen LogP contribution is -2.32. The average Bonchev–Trinajstić information content (AvgIpc) is 2.26. The molecule has 0 fully saturated rings. The van der Waals surface area contributed by atoms with Gasteiger partial charge >= 0.3 is 6.18 Å².